The van der Waals surface area contributed by atoms with Gasteiger partial charge in [-0.15, -0.1) is 0 Å². The van der Waals surface area contributed by atoms with Crippen molar-refractivity contribution in [1.29, 1.82) is 0 Å². The van der Waals surface area contributed by atoms with Crippen LogP contribution in [0.1, 0.15) is 16.7 Å². The summed E-state index contributed by atoms with van der Waals surface area (Å²) in [6.07, 6.45) is 1.70. The van der Waals surface area contributed by atoms with Gasteiger partial charge < -0.3 is 0 Å². The minimum absolute atomic E-state index is 0.0636. The summed E-state index contributed by atoms with van der Waals surface area (Å²) in [6, 6.07) is 18.5. The minimum atomic E-state index is -0.0636. The minimum Gasteiger partial charge on any atom is -0.297 e. The van der Waals surface area contributed by atoms with E-state index in [9.17, 15) is 4.79 Å². The summed E-state index contributed by atoms with van der Waals surface area (Å²) in [5, 5.41) is 4.08. The predicted molar refractivity (Wildman–Crippen MR) is 105 cm³/mol. The van der Waals surface area contributed by atoms with Crippen molar-refractivity contribution < 1.29 is 4.79 Å². The molecule has 5 nitrogen and oxygen atoms in total. The van der Waals surface area contributed by atoms with Crippen LogP contribution in [0.5, 0.6) is 0 Å². The Morgan fingerprint density at radius 1 is 1.00 bits per heavy atom. The molecule has 1 amide bonds. The largest absolute Gasteiger partial charge is 0.297 e. The fourth-order valence-corrected chi connectivity index (χ4v) is 3.09. The smallest absolute Gasteiger partial charge is 0.254 e. The summed E-state index contributed by atoms with van der Waals surface area (Å²) in [5.74, 6) is -0.0636. The summed E-state index contributed by atoms with van der Waals surface area (Å²) >= 11 is 0. The van der Waals surface area contributed by atoms with E-state index in [0.717, 1.165) is 43.9 Å². The number of aryl methyl sites for hydroxylation is 1. The topological polar surface area (TPSA) is 47.9 Å². The zero-order valence-electron chi connectivity index (χ0n) is 15.3. The van der Waals surface area contributed by atoms with E-state index in [2.05, 4.69) is 44.6 Å². The van der Waals surface area contributed by atoms with Crippen molar-refractivity contribution in [1.82, 2.24) is 15.2 Å². The van der Waals surface area contributed by atoms with Crippen molar-refractivity contribution in [2.75, 3.05) is 32.7 Å². The van der Waals surface area contributed by atoms with Crippen molar-refractivity contribution in [3.8, 4) is 0 Å². The second kappa shape index (κ2) is 9.27. The number of hydrazone groups is 1. The number of hydrogen-bond acceptors (Lipinski definition) is 4. The molecule has 0 unspecified atom stereocenters. The third kappa shape index (κ3) is 5.51. The molecule has 0 spiro atoms. The summed E-state index contributed by atoms with van der Waals surface area (Å²) in [5.41, 5.74) is 6.12. The molecule has 0 radical (unpaired) electrons. The molecule has 0 aliphatic carbocycles. The summed E-state index contributed by atoms with van der Waals surface area (Å²) in [4.78, 5) is 16.7. The lowest BCUT2D eigenvalue weighted by molar-refractivity contribution is -0.122. The van der Waals surface area contributed by atoms with Crippen LogP contribution in [-0.4, -0.2) is 54.6 Å². The van der Waals surface area contributed by atoms with Gasteiger partial charge >= 0.3 is 0 Å². The Morgan fingerprint density at radius 2 is 1.65 bits per heavy atom. The number of rotatable bonds is 6. The molecule has 0 atom stereocenters. The average Bonchev–Trinajstić information content (AvgIpc) is 2.66. The average molecular weight is 350 g/mol. The normalized spacial score (nSPS) is 16.0. The van der Waals surface area contributed by atoms with Crippen molar-refractivity contribution in [3.63, 3.8) is 0 Å². The van der Waals surface area contributed by atoms with Gasteiger partial charge in [0.2, 0.25) is 0 Å². The van der Waals surface area contributed by atoms with Gasteiger partial charge in [0.25, 0.3) is 5.91 Å². The van der Waals surface area contributed by atoms with Crippen molar-refractivity contribution in [2.45, 2.75) is 13.5 Å². The highest BCUT2D eigenvalue weighted by Crippen LogP contribution is 2.08. The SMILES string of the molecule is Cc1ccccc1/C=N\NC(=O)CN1CCN(Cc2ccccc2)CC1. The Morgan fingerprint density at radius 3 is 2.38 bits per heavy atom. The van der Waals surface area contributed by atoms with Crippen LogP contribution in [-0.2, 0) is 11.3 Å². The first-order chi connectivity index (χ1) is 12.7. The van der Waals surface area contributed by atoms with Crippen LogP contribution in [0.2, 0.25) is 0 Å². The maximum Gasteiger partial charge on any atom is 0.254 e. The van der Waals surface area contributed by atoms with Gasteiger partial charge in [0, 0.05) is 32.7 Å². The molecule has 1 aliphatic rings. The molecule has 26 heavy (non-hydrogen) atoms. The lowest BCUT2D eigenvalue weighted by Crippen LogP contribution is -2.48. The lowest BCUT2D eigenvalue weighted by Gasteiger charge is -2.34. The molecule has 1 fully saturated rings. The highest BCUT2D eigenvalue weighted by molar-refractivity contribution is 5.84. The first kappa shape index (κ1) is 18.3. The molecule has 0 aromatic heterocycles. The number of benzene rings is 2. The van der Waals surface area contributed by atoms with Crippen LogP contribution >= 0.6 is 0 Å². The van der Waals surface area contributed by atoms with E-state index >= 15 is 0 Å². The molecule has 1 aliphatic heterocycles. The number of hydrogen-bond donors (Lipinski definition) is 1. The number of carbonyl (C=O) groups is 1. The van der Waals surface area contributed by atoms with Crippen LogP contribution < -0.4 is 5.43 Å². The van der Waals surface area contributed by atoms with E-state index in [4.69, 9.17) is 0 Å². The molecular formula is C21H26N4O. The highest BCUT2D eigenvalue weighted by atomic mass is 16.2. The Labute approximate surface area is 155 Å². The molecule has 2 aromatic rings. The predicted octanol–water partition coefficient (Wildman–Crippen LogP) is 2.26. The number of carbonyl (C=O) groups excluding carboxylic acids is 1. The number of piperazine rings is 1. The second-order valence-electron chi connectivity index (χ2n) is 6.69. The molecule has 1 N–H and O–H groups in total. The third-order valence-electron chi connectivity index (χ3n) is 4.66. The van der Waals surface area contributed by atoms with Crippen molar-refractivity contribution >= 4 is 12.1 Å². The monoisotopic (exact) mass is 350 g/mol. The first-order valence-corrected chi connectivity index (χ1v) is 9.07. The standard InChI is InChI=1S/C21H26N4O/c1-18-7-5-6-10-20(18)15-22-23-21(26)17-25-13-11-24(12-14-25)16-19-8-3-2-4-9-19/h2-10,15H,11-14,16-17H2,1H3,(H,23,26)/b22-15-. The summed E-state index contributed by atoms with van der Waals surface area (Å²) in [6.45, 7) is 7.16. The van der Waals surface area contributed by atoms with Crippen molar-refractivity contribution in [3.05, 3.63) is 71.3 Å². The van der Waals surface area contributed by atoms with Crippen molar-refractivity contribution in [2.24, 2.45) is 5.10 Å². The molecule has 5 heteroatoms. The van der Waals surface area contributed by atoms with E-state index < -0.39 is 0 Å². The maximum atomic E-state index is 12.1. The highest BCUT2D eigenvalue weighted by Gasteiger charge is 2.18. The van der Waals surface area contributed by atoms with Gasteiger partial charge in [-0.1, -0.05) is 54.6 Å². The van der Waals surface area contributed by atoms with Gasteiger partial charge in [0.1, 0.15) is 0 Å². The van der Waals surface area contributed by atoms with E-state index in [-0.39, 0.29) is 5.91 Å². The van der Waals surface area contributed by atoms with Crippen LogP contribution in [0.15, 0.2) is 59.7 Å². The van der Waals surface area contributed by atoms with Gasteiger partial charge in [0.05, 0.1) is 12.8 Å². The molecule has 1 heterocycles. The van der Waals surface area contributed by atoms with Gasteiger partial charge in [0.15, 0.2) is 0 Å². The van der Waals surface area contributed by atoms with E-state index in [1.54, 1.807) is 6.21 Å². The fourth-order valence-electron chi connectivity index (χ4n) is 3.09. The second-order valence-corrected chi connectivity index (χ2v) is 6.69. The fraction of sp³-hybridized carbons (Fsp3) is 0.333. The van der Waals surface area contributed by atoms with E-state index in [1.807, 2.05) is 37.3 Å². The van der Waals surface area contributed by atoms with Gasteiger partial charge in [-0.25, -0.2) is 5.43 Å². The summed E-state index contributed by atoms with van der Waals surface area (Å²) in [7, 11) is 0. The van der Waals surface area contributed by atoms with E-state index in [1.165, 1.54) is 5.56 Å². The Balaban J connectivity index is 1.39. The summed E-state index contributed by atoms with van der Waals surface area (Å²) < 4.78 is 0. The third-order valence-corrected chi connectivity index (χ3v) is 4.66. The molecule has 1 saturated heterocycles. The van der Waals surface area contributed by atoms with Crippen LogP contribution in [0.3, 0.4) is 0 Å². The zero-order chi connectivity index (χ0) is 18.2. The Kier molecular flexibility index (Phi) is 6.52. The Hall–Kier alpha value is -2.50. The molecule has 0 saturated carbocycles. The van der Waals surface area contributed by atoms with Gasteiger partial charge in [-0.05, 0) is 23.6 Å². The number of nitrogens with one attached hydrogen (secondary N) is 1. The maximum absolute atomic E-state index is 12.1. The molecular weight excluding hydrogens is 324 g/mol. The molecule has 136 valence electrons. The lowest BCUT2D eigenvalue weighted by atomic mass is 10.1. The molecule has 3 rings (SSSR count). The van der Waals surface area contributed by atoms with Crippen LogP contribution in [0, 0.1) is 6.92 Å². The van der Waals surface area contributed by atoms with Gasteiger partial charge in [-0.2, -0.15) is 5.10 Å². The molecule has 2 aromatic carbocycles. The van der Waals surface area contributed by atoms with Crippen LogP contribution in [0.4, 0.5) is 0 Å². The van der Waals surface area contributed by atoms with E-state index in [0.29, 0.717) is 6.54 Å². The quantitative estimate of drug-likeness (QED) is 0.642. The zero-order valence-corrected chi connectivity index (χ0v) is 15.3. The first-order valence-electron chi connectivity index (χ1n) is 9.07. The van der Waals surface area contributed by atoms with Crippen LogP contribution in [0.25, 0.3) is 0 Å². The number of amides is 1. The molecule has 0 bridgehead atoms. The Bertz CT molecular complexity index is 737. The van der Waals surface area contributed by atoms with Gasteiger partial charge in [-0.3, -0.25) is 14.6 Å². The number of nitrogens with zero attached hydrogens (tertiary/aromatic N) is 3.